The van der Waals surface area contributed by atoms with E-state index in [9.17, 15) is 19.2 Å². The summed E-state index contributed by atoms with van der Waals surface area (Å²) in [6.07, 6.45) is 2.69. The van der Waals surface area contributed by atoms with Gasteiger partial charge in [0.2, 0.25) is 5.91 Å². The summed E-state index contributed by atoms with van der Waals surface area (Å²) in [6.45, 7) is 12.7. The van der Waals surface area contributed by atoms with Crippen LogP contribution in [0.1, 0.15) is 67.2 Å². The van der Waals surface area contributed by atoms with Gasteiger partial charge < -0.3 is 29.7 Å². The monoisotopic (exact) mass is 469 g/mol. The Morgan fingerprint density at radius 2 is 1.18 bits per heavy atom. The summed E-state index contributed by atoms with van der Waals surface area (Å²) < 4.78 is 10.4. The quantitative estimate of drug-likeness (QED) is 0.651. The van der Waals surface area contributed by atoms with Gasteiger partial charge in [-0.15, -0.1) is 0 Å². The first-order valence-corrected chi connectivity index (χ1v) is 11.6. The Kier molecular flexibility index (Phi) is 8.59. The molecular weight excluding hydrogens is 430 g/mol. The molecule has 0 aromatic rings. The van der Waals surface area contributed by atoms with Gasteiger partial charge in [-0.25, -0.2) is 9.59 Å². The molecule has 2 unspecified atom stereocenters. The lowest BCUT2D eigenvalue weighted by Crippen LogP contribution is -2.38. The van der Waals surface area contributed by atoms with E-state index in [-0.39, 0.29) is 24.5 Å². The van der Waals surface area contributed by atoms with E-state index in [0.717, 1.165) is 19.3 Å². The van der Waals surface area contributed by atoms with E-state index < -0.39 is 29.2 Å². The van der Waals surface area contributed by atoms with Crippen molar-refractivity contribution in [1.82, 2.24) is 15.1 Å². The molecule has 2 aliphatic heterocycles. The topological polar surface area (TPSA) is 125 Å². The van der Waals surface area contributed by atoms with Gasteiger partial charge in [-0.05, 0) is 67.2 Å². The minimum atomic E-state index is -0.846. The highest BCUT2D eigenvalue weighted by Crippen LogP contribution is 2.23. The lowest BCUT2D eigenvalue weighted by Gasteiger charge is -2.24. The zero-order chi connectivity index (χ0) is 25.0. The van der Waals surface area contributed by atoms with E-state index in [2.05, 4.69) is 5.32 Å². The first kappa shape index (κ1) is 26.7. The molecule has 0 aromatic carbocycles. The van der Waals surface area contributed by atoms with Crippen molar-refractivity contribution in [1.29, 1.82) is 0 Å². The van der Waals surface area contributed by atoms with Crippen LogP contribution in [0.2, 0.25) is 0 Å². The van der Waals surface area contributed by atoms with Crippen molar-refractivity contribution < 1.29 is 33.8 Å². The van der Waals surface area contributed by atoms with Gasteiger partial charge in [-0.3, -0.25) is 9.59 Å². The van der Waals surface area contributed by atoms with Gasteiger partial charge in [0.1, 0.15) is 11.2 Å². The van der Waals surface area contributed by atoms with Crippen molar-refractivity contribution >= 4 is 24.1 Å². The highest BCUT2D eigenvalue weighted by molar-refractivity contribution is 5.81. The van der Waals surface area contributed by atoms with E-state index in [1.165, 1.54) is 4.90 Å². The Labute approximate surface area is 195 Å². The normalized spacial score (nSPS) is 22.8. The Bertz CT molecular complexity index is 737. The van der Waals surface area contributed by atoms with Crippen LogP contribution in [-0.2, 0) is 19.1 Å². The molecule has 2 saturated heterocycles. The predicted octanol–water partition coefficient (Wildman–Crippen LogP) is 2.85. The second-order valence-corrected chi connectivity index (χ2v) is 10.9. The number of amides is 3. The molecule has 3 rings (SSSR count). The number of carboxylic acids is 1. The lowest BCUT2D eigenvalue weighted by atomic mass is 10.1. The number of carboxylic acid groups (broad SMARTS) is 1. The maximum absolute atomic E-state index is 11.9. The fraction of sp³-hybridized carbons (Fsp3) is 0.826. The van der Waals surface area contributed by atoms with Crippen molar-refractivity contribution in [2.45, 2.75) is 84.5 Å². The van der Waals surface area contributed by atoms with Crippen LogP contribution in [0.4, 0.5) is 9.59 Å². The van der Waals surface area contributed by atoms with Gasteiger partial charge >= 0.3 is 18.2 Å². The molecule has 2 heterocycles. The number of hydrogen-bond acceptors (Lipinski definition) is 6. The molecule has 0 radical (unpaired) electrons. The van der Waals surface area contributed by atoms with Gasteiger partial charge in [-0.2, -0.15) is 0 Å². The molecule has 1 aliphatic carbocycles. The molecule has 0 aromatic heterocycles. The van der Waals surface area contributed by atoms with Crippen LogP contribution < -0.4 is 5.32 Å². The maximum Gasteiger partial charge on any atom is 0.410 e. The zero-order valence-electron chi connectivity index (χ0n) is 20.7. The van der Waals surface area contributed by atoms with E-state index in [1.807, 2.05) is 20.8 Å². The number of carbonyl (C=O) groups excluding carboxylic acids is 3. The van der Waals surface area contributed by atoms with Crippen LogP contribution in [0.25, 0.3) is 0 Å². The average Bonchev–Trinajstić information content (AvgIpc) is 3.16. The molecule has 2 N–H and O–H groups in total. The van der Waals surface area contributed by atoms with E-state index >= 15 is 0 Å². The third-order valence-corrected chi connectivity index (χ3v) is 5.32. The number of nitrogens with one attached hydrogen (secondary N) is 1. The summed E-state index contributed by atoms with van der Waals surface area (Å²) in [7, 11) is 0. The third kappa shape index (κ3) is 9.47. The molecule has 0 bridgehead atoms. The molecule has 3 aliphatic rings. The van der Waals surface area contributed by atoms with Crippen molar-refractivity contribution in [3.8, 4) is 0 Å². The molecule has 10 heteroatoms. The standard InChI is InChI=1S/C13H22N2O3.C10H17NO4/c1-13(2,3)18-12(17)15-7-6-9(8-15)11(16)14-10-4-5-10;1-10(2,3)15-9(14)11-5-4-7(6-11)8(12)13/h9-10H,4-8H2,1-3H3,(H,14,16);7H,4-6H2,1-3H3,(H,12,13). The summed E-state index contributed by atoms with van der Waals surface area (Å²) in [4.78, 5) is 49.0. The van der Waals surface area contributed by atoms with Crippen LogP contribution >= 0.6 is 0 Å². The molecule has 3 fully saturated rings. The summed E-state index contributed by atoms with van der Waals surface area (Å²) >= 11 is 0. The van der Waals surface area contributed by atoms with E-state index in [0.29, 0.717) is 32.1 Å². The first-order valence-electron chi connectivity index (χ1n) is 11.6. The van der Waals surface area contributed by atoms with Gasteiger partial charge in [-0.1, -0.05) is 0 Å². The van der Waals surface area contributed by atoms with Crippen molar-refractivity contribution in [2.24, 2.45) is 11.8 Å². The Balaban J connectivity index is 0.000000238. The second-order valence-electron chi connectivity index (χ2n) is 10.9. The molecule has 3 amide bonds. The summed E-state index contributed by atoms with van der Waals surface area (Å²) in [5, 5.41) is 11.8. The Morgan fingerprint density at radius 3 is 1.55 bits per heavy atom. The average molecular weight is 470 g/mol. The molecule has 1 saturated carbocycles. The number of likely N-dealkylation sites (tertiary alicyclic amines) is 2. The van der Waals surface area contributed by atoms with Gasteiger partial charge in [0, 0.05) is 32.2 Å². The third-order valence-electron chi connectivity index (χ3n) is 5.32. The minimum absolute atomic E-state index is 0.0712. The smallest absolute Gasteiger partial charge is 0.410 e. The fourth-order valence-corrected chi connectivity index (χ4v) is 3.47. The number of carbonyl (C=O) groups is 4. The van der Waals surface area contributed by atoms with Crippen molar-refractivity contribution in [3.63, 3.8) is 0 Å². The second kappa shape index (κ2) is 10.6. The SMILES string of the molecule is CC(C)(C)OC(=O)N1CCC(C(=O)NC2CC2)C1.CC(C)(C)OC(=O)N1CCC(C(=O)O)C1. The Morgan fingerprint density at radius 1 is 0.758 bits per heavy atom. The molecule has 188 valence electrons. The number of aliphatic carboxylic acids is 1. The number of nitrogens with zero attached hydrogens (tertiary/aromatic N) is 2. The van der Waals surface area contributed by atoms with Gasteiger partial charge in [0.25, 0.3) is 0 Å². The van der Waals surface area contributed by atoms with Gasteiger partial charge in [0.15, 0.2) is 0 Å². The van der Waals surface area contributed by atoms with Crippen LogP contribution in [0.3, 0.4) is 0 Å². The zero-order valence-corrected chi connectivity index (χ0v) is 20.7. The van der Waals surface area contributed by atoms with Crippen LogP contribution in [0, 0.1) is 11.8 Å². The van der Waals surface area contributed by atoms with E-state index in [1.54, 1.807) is 25.7 Å². The maximum atomic E-state index is 11.9. The van der Waals surface area contributed by atoms with Crippen molar-refractivity contribution in [3.05, 3.63) is 0 Å². The van der Waals surface area contributed by atoms with Crippen LogP contribution in [0.15, 0.2) is 0 Å². The predicted molar refractivity (Wildman–Crippen MR) is 121 cm³/mol. The molecule has 2 atom stereocenters. The highest BCUT2D eigenvalue weighted by Gasteiger charge is 2.35. The van der Waals surface area contributed by atoms with Crippen LogP contribution in [0.5, 0.6) is 0 Å². The lowest BCUT2D eigenvalue weighted by molar-refractivity contribution is -0.141. The number of ether oxygens (including phenoxy) is 2. The first-order chi connectivity index (χ1) is 15.1. The summed E-state index contributed by atoms with van der Waals surface area (Å²) in [5.41, 5.74) is -1.01. The molecular formula is C23H39N3O7. The van der Waals surface area contributed by atoms with Crippen molar-refractivity contribution in [2.75, 3.05) is 26.2 Å². The summed E-state index contributed by atoms with van der Waals surface area (Å²) in [5.74, 6) is -1.28. The highest BCUT2D eigenvalue weighted by atomic mass is 16.6. The minimum Gasteiger partial charge on any atom is -0.481 e. The number of hydrogen-bond donors (Lipinski definition) is 2. The fourth-order valence-electron chi connectivity index (χ4n) is 3.47. The van der Waals surface area contributed by atoms with Gasteiger partial charge in [0.05, 0.1) is 11.8 Å². The molecule has 0 spiro atoms. The molecule has 33 heavy (non-hydrogen) atoms. The number of rotatable bonds is 3. The Hall–Kier alpha value is -2.52. The van der Waals surface area contributed by atoms with E-state index in [4.69, 9.17) is 14.6 Å². The molecule has 10 nitrogen and oxygen atoms in total. The van der Waals surface area contributed by atoms with Crippen LogP contribution in [-0.4, -0.2) is 82.4 Å². The summed E-state index contributed by atoms with van der Waals surface area (Å²) in [6, 6.07) is 0.382. The largest absolute Gasteiger partial charge is 0.481 e.